The van der Waals surface area contributed by atoms with Crippen molar-refractivity contribution in [1.82, 2.24) is 0 Å². The van der Waals surface area contributed by atoms with Gasteiger partial charge in [0.05, 0.1) is 0 Å². The Kier molecular flexibility index (Phi) is 5.01. The van der Waals surface area contributed by atoms with Crippen molar-refractivity contribution < 1.29 is 49.5 Å². The van der Waals surface area contributed by atoms with Crippen LogP contribution >= 0.6 is 0 Å². The molecule has 0 saturated carbocycles. The van der Waals surface area contributed by atoms with Crippen LogP contribution in [0.5, 0.6) is 0 Å². The molecule has 0 N–H and O–H groups in total. The van der Waals surface area contributed by atoms with Crippen molar-refractivity contribution in [3.05, 3.63) is 59.2 Å². The van der Waals surface area contributed by atoms with E-state index in [0.29, 0.717) is 3.63 Å². The van der Waals surface area contributed by atoms with Crippen LogP contribution in [0.25, 0.3) is 16.3 Å². The summed E-state index contributed by atoms with van der Waals surface area (Å²) >= 11 is 1.63. The van der Waals surface area contributed by atoms with E-state index < -0.39 is 8.07 Å². The molecule has 0 saturated heterocycles. The number of fused-ring (bicyclic) bond motifs is 1. The molecule has 1 unspecified atom stereocenters. The van der Waals surface area contributed by atoms with Crippen molar-refractivity contribution in [2.24, 2.45) is 0 Å². The molecule has 0 spiro atoms. The number of halogens is 2. The standard InChI is InChI=1S/C18H17Si.2ClH.Zr/c1-12-11-14-9-10-15-16(13-7-5-4-6-8-13)17(14)18(12)19(15,2)3;;;/h4-11H,1-3H3;2*1H;/q;;;+2/p-2. The van der Waals surface area contributed by atoms with Gasteiger partial charge in [-0.3, -0.25) is 0 Å². The minimum atomic E-state index is -1.48. The van der Waals surface area contributed by atoms with Gasteiger partial charge in [0.2, 0.25) is 0 Å². The maximum Gasteiger partial charge on any atom is -1.00 e. The van der Waals surface area contributed by atoms with Crippen LogP contribution in [-0.4, -0.2) is 8.07 Å². The normalized spacial score (nSPS) is 19.8. The Morgan fingerprint density at radius 1 is 0.909 bits per heavy atom. The van der Waals surface area contributed by atoms with E-state index in [-0.39, 0.29) is 24.8 Å². The summed E-state index contributed by atoms with van der Waals surface area (Å²) in [6.45, 7) is 7.43. The van der Waals surface area contributed by atoms with Gasteiger partial charge in [-0.25, -0.2) is 0 Å². The van der Waals surface area contributed by atoms with Crippen LogP contribution in [-0.2, 0) is 24.7 Å². The van der Waals surface area contributed by atoms with E-state index in [1.807, 2.05) is 0 Å². The van der Waals surface area contributed by atoms with Crippen molar-refractivity contribution in [1.29, 1.82) is 0 Å². The maximum absolute atomic E-state index is 2.53. The zero-order valence-corrected chi connectivity index (χ0v) is 17.8. The molecule has 0 nitrogen and oxygen atoms in total. The van der Waals surface area contributed by atoms with Crippen LogP contribution in [0.15, 0.2) is 48.0 Å². The average Bonchev–Trinajstić information content (AvgIpc) is 2.79. The van der Waals surface area contributed by atoms with Crippen LogP contribution in [0.1, 0.15) is 21.7 Å². The predicted molar refractivity (Wildman–Crippen MR) is 84.3 cm³/mol. The van der Waals surface area contributed by atoms with Crippen LogP contribution in [0.3, 0.4) is 0 Å². The first-order valence-corrected chi connectivity index (χ1v) is 11.6. The van der Waals surface area contributed by atoms with Crippen molar-refractivity contribution >= 4 is 18.5 Å². The van der Waals surface area contributed by atoms with E-state index >= 15 is 0 Å². The van der Waals surface area contributed by atoms with Crippen LogP contribution in [0.2, 0.25) is 13.1 Å². The van der Waals surface area contributed by atoms with E-state index in [9.17, 15) is 0 Å². The molecule has 22 heavy (non-hydrogen) atoms. The molecule has 111 valence electrons. The molecule has 2 aromatic rings. The summed E-state index contributed by atoms with van der Waals surface area (Å²) in [5.74, 6) is 0. The van der Waals surface area contributed by atoms with Gasteiger partial charge in [-0.2, -0.15) is 0 Å². The van der Waals surface area contributed by atoms with Crippen LogP contribution in [0, 0.1) is 0 Å². The molecular formula is C18H17Cl2SiZr. The van der Waals surface area contributed by atoms with Gasteiger partial charge in [0, 0.05) is 0 Å². The van der Waals surface area contributed by atoms with Gasteiger partial charge >= 0.3 is 137 Å². The quantitative estimate of drug-likeness (QED) is 0.475. The summed E-state index contributed by atoms with van der Waals surface area (Å²) in [4.78, 5) is 0. The second-order valence-electron chi connectivity index (χ2n) is 6.43. The van der Waals surface area contributed by atoms with E-state index in [4.69, 9.17) is 0 Å². The van der Waals surface area contributed by atoms with Crippen molar-refractivity contribution in [2.45, 2.75) is 23.6 Å². The SMILES string of the molecule is CC1=C2c3c(ccc(c3-c3ccccc3)[Si]2(C)C)[CH]1[Zr+2].[Cl-].[Cl-]. The number of hydrogen-bond acceptors (Lipinski definition) is 0. The Hall–Kier alpha value is -0.140. The molecule has 0 amide bonds. The first-order chi connectivity index (χ1) is 9.53. The molecule has 4 heteroatoms. The molecule has 1 heterocycles. The maximum atomic E-state index is 2.53. The second kappa shape index (κ2) is 6.06. The summed E-state index contributed by atoms with van der Waals surface area (Å²) in [7, 11) is -1.48. The fourth-order valence-corrected chi connectivity index (χ4v) is 9.06. The molecule has 0 radical (unpaired) electrons. The van der Waals surface area contributed by atoms with Crippen LogP contribution in [0.4, 0.5) is 0 Å². The fourth-order valence-electron chi connectivity index (χ4n) is 4.07. The third kappa shape index (κ3) is 2.18. The Bertz CT molecular complexity index is 766. The zero-order valence-electron chi connectivity index (χ0n) is 12.9. The van der Waals surface area contributed by atoms with E-state index in [0.717, 1.165) is 0 Å². The Morgan fingerprint density at radius 2 is 1.55 bits per heavy atom. The minimum Gasteiger partial charge on any atom is -1.00 e. The van der Waals surface area contributed by atoms with Gasteiger partial charge < -0.3 is 24.8 Å². The first kappa shape index (κ1) is 18.2. The summed E-state index contributed by atoms with van der Waals surface area (Å²) < 4.78 is 0.691. The summed E-state index contributed by atoms with van der Waals surface area (Å²) in [5, 5.41) is 3.38. The first-order valence-electron chi connectivity index (χ1n) is 7.19. The third-order valence-corrected chi connectivity index (χ3v) is 10.5. The van der Waals surface area contributed by atoms with Gasteiger partial charge in [-0.1, -0.05) is 0 Å². The zero-order chi connectivity index (χ0) is 14.1. The second-order valence-corrected chi connectivity index (χ2v) is 12.1. The van der Waals surface area contributed by atoms with E-state index in [1.165, 1.54) is 5.56 Å². The molecule has 0 fully saturated rings. The van der Waals surface area contributed by atoms with Crippen molar-refractivity contribution in [2.75, 3.05) is 0 Å². The van der Waals surface area contributed by atoms with Gasteiger partial charge in [0.25, 0.3) is 0 Å². The summed E-state index contributed by atoms with van der Waals surface area (Å²) in [6, 6.07) is 15.8. The smallest absolute Gasteiger partial charge is 1.00 e. The molecule has 1 aliphatic carbocycles. The third-order valence-electron chi connectivity index (χ3n) is 4.99. The Morgan fingerprint density at radius 3 is 2.18 bits per heavy atom. The van der Waals surface area contributed by atoms with Gasteiger partial charge in [-0.15, -0.1) is 0 Å². The molecule has 2 aliphatic rings. The largest absolute Gasteiger partial charge is 1.00 e. The Labute approximate surface area is 161 Å². The number of allylic oxidation sites excluding steroid dienone is 1. The predicted octanol–water partition coefficient (Wildman–Crippen LogP) is -1.80. The molecule has 4 rings (SSSR count). The van der Waals surface area contributed by atoms with Gasteiger partial charge in [0.1, 0.15) is 0 Å². The van der Waals surface area contributed by atoms with Crippen LogP contribution < -0.4 is 30.0 Å². The molecule has 2 bridgehead atoms. The van der Waals surface area contributed by atoms with Crippen molar-refractivity contribution in [3.8, 4) is 11.1 Å². The van der Waals surface area contributed by atoms with Gasteiger partial charge in [-0.05, 0) is 0 Å². The molecular weight excluding hydrogens is 406 g/mol. The molecule has 1 aliphatic heterocycles. The summed E-state index contributed by atoms with van der Waals surface area (Å²) in [5.41, 5.74) is 7.84. The minimum absolute atomic E-state index is 0. The van der Waals surface area contributed by atoms with Crippen molar-refractivity contribution in [3.63, 3.8) is 0 Å². The molecule has 0 aromatic heterocycles. The monoisotopic (exact) mass is 421 g/mol. The number of benzene rings is 2. The van der Waals surface area contributed by atoms with Gasteiger partial charge in [0.15, 0.2) is 0 Å². The number of rotatable bonds is 1. The van der Waals surface area contributed by atoms with E-state index in [2.05, 4.69) is 62.5 Å². The molecule has 2 aromatic carbocycles. The molecule has 1 atom stereocenters. The topological polar surface area (TPSA) is 0 Å². The average molecular weight is 424 g/mol. The number of hydrogen-bond donors (Lipinski definition) is 0. The Balaban J connectivity index is 0.000000882. The summed E-state index contributed by atoms with van der Waals surface area (Å²) in [6.07, 6.45) is 0. The fraction of sp³-hybridized carbons (Fsp3) is 0.222. The van der Waals surface area contributed by atoms with E-state index in [1.54, 1.807) is 57.4 Å².